The van der Waals surface area contributed by atoms with Gasteiger partial charge >= 0.3 is 0 Å². The molecular formula is C22H17ClN2OS. The van der Waals surface area contributed by atoms with Crippen LogP contribution >= 0.6 is 22.9 Å². The predicted molar refractivity (Wildman–Crippen MR) is 113 cm³/mol. The number of carbonyl (C=O) groups is 1. The van der Waals surface area contributed by atoms with Crippen molar-refractivity contribution in [2.75, 3.05) is 6.54 Å². The molecule has 0 aliphatic carbocycles. The summed E-state index contributed by atoms with van der Waals surface area (Å²) in [4.78, 5) is 17.2. The zero-order valence-electron chi connectivity index (χ0n) is 14.5. The normalized spacial score (nSPS) is 10.9. The molecule has 0 aliphatic heterocycles. The molecule has 3 aromatic carbocycles. The lowest BCUT2D eigenvalue weighted by molar-refractivity contribution is 0.0955. The Morgan fingerprint density at radius 2 is 1.78 bits per heavy atom. The largest absolute Gasteiger partial charge is 0.352 e. The summed E-state index contributed by atoms with van der Waals surface area (Å²) in [5.74, 6) is -0.0556. The second-order valence-electron chi connectivity index (χ2n) is 6.18. The van der Waals surface area contributed by atoms with Gasteiger partial charge in [0, 0.05) is 34.5 Å². The minimum Gasteiger partial charge on any atom is -0.352 e. The number of amides is 1. The monoisotopic (exact) mass is 392 g/mol. The third-order valence-corrected chi connectivity index (χ3v) is 5.54. The lowest BCUT2D eigenvalue weighted by Crippen LogP contribution is -2.25. The third kappa shape index (κ3) is 4.02. The molecule has 1 N–H and O–H groups in total. The summed E-state index contributed by atoms with van der Waals surface area (Å²) in [6.07, 6.45) is 0.695. The third-order valence-electron chi connectivity index (χ3n) is 4.34. The van der Waals surface area contributed by atoms with Gasteiger partial charge in [0.15, 0.2) is 0 Å². The summed E-state index contributed by atoms with van der Waals surface area (Å²) in [6, 6.07) is 21.4. The number of fused-ring (bicyclic) bond motifs is 1. The Morgan fingerprint density at radius 1 is 1.00 bits per heavy atom. The Bertz CT molecular complexity index is 1080. The minimum atomic E-state index is -0.0556. The second kappa shape index (κ2) is 7.91. The number of halogens is 1. The second-order valence-corrected chi connectivity index (χ2v) is 7.48. The Kier molecular flexibility index (Phi) is 5.19. The first-order chi connectivity index (χ1) is 13.2. The number of carbonyl (C=O) groups excluding carboxylic acids is 1. The van der Waals surface area contributed by atoms with Crippen molar-refractivity contribution >= 4 is 39.6 Å². The number of hydrogen-bond acceptors (Lipinski definition) is 3. The van der Waals surface area contributed by atoms with Crippen LogP contribution in [0.4, 0.5) is 0 Å². The van der Waals surface area contributed by atoms with Crippen molar-refractivity contribution in [3.63, 3.8) is 0 Å². The topological polar surface area (TPSA) is 42.0 Å². The fourth-order valence-electron chi connectivity index (χ4n) is 2.97. The van der Waals surface area contributed by atoms with Gasteiger partial charge in [-0.15, -0.1) is 11.3 Å². The molecule has 1 amide bonds. The molecule has 5 heteroatoms. The van der Waals surface area contributed by atoms with Crippen LogP contribution in [0.25, 0.3) is 21.3 Å². The van der Waals surface area contributed by atoms with Crippen LogP contribution in [0.3, 0.4) is 0 Å². The van der Waals surface area contributed by atoms with Gasteiger partial charge in [0.2, 0.25) is 0 Å². The van der Waals surface area contributed by atoms with Gasteiger partial charge in [-0.3, -0.25) is 4.79 Å². The highest BCUT2D eigenvalue weighted by Crippen LogP contribution is 2.25. The van der Waals surface area contributed by atoms with Crippen molar-refractivity contribution < 1.29 is 4.79 Å². The lowest BCUT2D eigenvalue weighted by atomic mass is 10.0. The molecule has 1 aromatic heterocycles. The average molecular weight is 393 g/mol. The summed E-state index contributed by atoms with van der Waals surface area (Å²) < 4.78 is 0. The molecule has 0 saturated carbocycles. The molecule has 1 heterocycles. The zero-order chi connectivity index (χ0) is 18.6. The van der Waals surface area contributed by atoms with Crippen molar-refractivity contribution in [3.8, 4) is 10.6 Å². The molecule has 4 rings (SSSR count). The van der Waals surface area contributed by atoms with E-state index in [1.165, 1.54) is 0 Å². The Hall–Kier alpha value is -2.69. The van der Waals surface area contributed by atoms with Crippen molar-refractivity contribution in [2.45, 2.75) is 6.42 Å². The lowest BCUT2D eigenvalue weighted by Gasteiger charge is -2.07. The average Bonchev–Trinajstić information content (AvgIpc) is 3.17. The smallest absolute Gasteiger partial charge is 0.251 e. The summed E-state index contributed by atoms with van der Waals surface area (Å²) >= 11 is 7.53. The molecule has 0 radical (unpaired) electrons. The predicted octanol–water partition coefficient (Wildman–Crippen LogP) is 5.59. The van der Waals surface area contributed by atoms with Gasteiger partial charge < -0.3 is 5.32 Å². The van der Waals surface area contributed by atoms with Gasteiger partial charge in [-0.05, 0) is 29.0 Å². The van der Waals surface area contributed by atoms with Gasteiger partial charge in [-0.25, -0.2) is 4.98 Å². The van der Waals surface area contributed by atoms with E-state index in [4.69, 9.17) is 11.6 Å². The molecule has 134 valence electrons. The van der Waals surface area contributed by atoms with Gasteiger partial charge in [0.05, 0.1) is 5.69 Å². The van der Waals surface area contributed by atoms with E-state index in [9.17, 15) is 4.79 Å². The highest BCUT2D eigenvalue weighted by Gasteiger charge is 2.10. The summed E-state index contributed by atoms with van der Waals surface area (Å²) in [5, 5.41) is 8.75. The Labute approximate surface area is 166 Å². The number of nitrogens with one attached hydrogen (secondary N) is 1. The highest BCUT2D eigenvalue weighted by molar-refractivity contribution is 7.13. The first-order valence-electron chi connectivity index (χ1n) is 8.67. The van der Waals surface area contributed by atoms with Crippen LogP contribution < -0.4 is 5.32 Å². The van der Waals surface area contributed by atoms with Crippen LogP contribution in [0.15, 0.2) is 72.1 Å². The van der Waals surface area contributed by atoms with E-state index in [-0.39, 0.29) is 5.91 Å². The minimum absolute atomic E-state index is 0.0556. The number of nitrogens with zero attached hydrogens (tertiary/aromatic N) is 1. The molecule has 4 aromatic rings. The maximum absolute atomic E-state index is 12.6. The summed E-state index contributed by atoms with van der Waals surface area (Å²) in [6.45, 7) is 0.547. The fourth-order valence-corrected chi connectivity index (χ4v) is 3.96. The SMILES string of the molecule is O=C(NCCc1csc(-c2ccc(Cl)cc2)n1)c1cccc2ccccc12. The Morgan fingerprint density at radius 3 is 2.63 bits per heavy atom. The first kappa shape index (κ1) is 17.7. The van der Waals surface area contributed by atoms with Crippen LogP contribution in [-0.4, -0.2) is 17.4 Å². The van der Waals surface area contributed by atoms with E-state index < -0.39 is 0 Å². The van der Waals surface area contributed by atoms with E-state index in [0.29, 0.717) is 23.6 Å². The van der Waals surface area contributed by atoms with Crippen molar-refractivity contribution in [1.29, 1.82) is 0 Å². The number of rotatable bonds is 5. The first-order valence-corrected chi connectivity index (χ1v) is 9.93. The van der Waals surface area contributed by atoms with Crippen LogP contribution in [0, 0.1) is 0 Å². The standard InChI is InChI=1S/C22H17ClN2OS/c23-17-10-8-16(9-11-17)22-25-18(14-27-22)12-13-24-21(26)20-7-3-5-15-4-1-2-6-19(15)20/h1-11,14H,12-13H2,(H,24,26). The summed E-state index contributed by atoms with van der Waals surface area (Å²) in [5.41, 5.74) is 2.73. The number of hydrogen-bond donors (Lipinski definition) is 1. The van der Waals surface area contributed by atoms with E-state index in [1.54, 1.807) is 11.3 Å². The molecular weight excluding hydrogens is 376 g/mol. The molecule has 0 fully saturated rings. The van der Waals surface area contributed by atoms with Crippen molar-refractivity contribution in [1.82, 2.24) is 10.3 Å². The zero-order valence-corrected chi connectivity index (χ0v) is 16.1. The molecule has 3 nitrogen and oxygen atoms in total. The molecule has 0 aliphatic rings. The van der Waals surface area contributed by atoms with Crippen molar-refractivity contribution in [2.24, 2.45) is 0 Å². The number of benzene rings is 3. The molecule has 0 bridgehead atoms. The summed E-state index contributed by atoms with van der Waals surface area (Å²) in [7, 11) is 0. The van der Waals surface area contributed by atoms with Crippen LogP contribution in [-0.2, 0) is 6.42 Å². The number of aromatic nitrogens is 1. The van der Waals surface area contributed by atoms with Crippen LogP contribution in [0.1, 0.15) is 16.1 Å². The maximum atomic E-state index is 12.6. The maximum Gasteiger partial charge on any atom is 0.251 e. The molecule has 0 unspecified atom stereocenters. The quantitative estimate of drug-likeness (QED) is 0.481. The highest BCUT2D eigenvalue weighted by atomic mass is 35.5. The Balaban J connectivity index is 1.40. The van der Waals surface area contributed by atoms with Crippen molar-refractivity contribution in [3.05, 3.63) is 88.4 Å². The molecule has 0 saturated heterocycles. The van der Waals surface area contributed by atoms with E-state index in [1.807, 2.05) is 72.1 Å². The molecule has 0 spiro atoms. The van der Waals surface area contributed by atoms with Gasteiger partial charge in [0.25, 0.3) is 5.91 Å². The van der Waals surface area contributed by atoms with E-state index in [2.05, 4.69) is 10.3 Å². The van der Waals surface area contributed by atoms with Crippen LogP contribution in [0.2, 0.25) is 5.02 Å². The van der Waals surface area contributed by atoms with Crippen LogP contribution in [0.5, 0.6) is 0 Å². The van der Waals surface area contributed by atoms with Gasteiger partial charge in [-0.2, -0.15) is 0 Å². The molecule has 0 atom stereocenters. The molecule has 27 heavy (non-hydrogen) atoms. The fraction of sp³-hybridized carbons (Fsp3) is 0.0909. The van der Waals surface area contributed by atoms with E-state index >= 15 is 0 Å². The van der Waals surface area contributed by atoms with Gasteiger partial charge in [0.1, 0.15) is 5.01 Å². The van der Waals surface area contributed by atoms with E-state index in [0.717, 1.165) is 27.0 Å². The van der Waals surface area contributed by atoms with Gasteiger partial charge in [-0.1, -0.05) is 60.1 Å². The number of thiazole rings is 1.